The smallest absolute Gasteiger partial charge is 0.416 e. The van der Waals surface area contributed by atoms with Crippen molar-refractivity contribution in [1.29, 1.82) is 0 Å². The van der Waals surface area contributed by atoms with Gasteiger partial charge in [-0.2, -0.15) is 13.2 Å². The fraction of sp³-hybridized carbons (Fsp3) is 0.400. The second-order valence-electron chi connectivity index (χ2n) is 3.62. The molecule has 0 aromatic heterocycles. The Labute approximate surface area is 95.1 Å². The van der Waals surface area contributed by atoms with Crippen LogP contribution in [0.1, 0.15) is 23.6 Å². The van der Waals surface area contributed by atoms with Gasteiger partial charge in [-0.25, -0.2) is 0 Å². The molecule has 1 aromatic rings. The molecule has 0 aliphatic carbocycles. The summed E-state index contributed by atoms with van der Waals surface area (Å²) in [5, 5.41) is -0.0417. The van der Waals surface area contributed by atoms with Gasteiger partial charge < -0.3 is 10.5 Å². The van der Waals surface area contributed by atoms with Crippen LogP contribution in [0.15, 0.2) is 12.1 Å². The maximum atomic E-state index is 12.5. The standard InChI is InChI=1S/C10H9ClF3NO/c11-7-4-5(10(12,13)14)3-6-8(15)1-2-16-9(6)7/h3-4,8H,1-2,15H2. The van der Waals surface area contributed by atoms with E-state index in [0.29, 0.717) is 18.6 Å². The Kier molecular flexibility index (Phi) is 2.75. The first-order valence-corrected chi connectivity index (χ1v) is 5.06. The summed E-state index contributed by atoms with van der Waals surface area (Å²) in [5.41, 5.74) is 5.25. The Morgan fingerprint density at radius 1 is 1.38 bits per heavy atom. The molecule has 1 aromatic carbocycles. The maximum absolute atomic E-state index is 12.5. The third-order valence-electron chi connectivity index (χ3n) is 2.47. The van der Waals surface area contributed by atoms with Crippen LogP contribution in [-0.2, 0) is 6.18 Å². The Bertz CT molecular complexity index is 419. The van der Waals surface area contributed by atoms with E-state index in [1.165, 1.54) is 0 Å². The lowest BCUT2D eigenvalue weighted by molar-refractivity contribution is -0.137. The third-order valence-corrected chi connectivity index (χ3v) is 2.76. The van der Waals surface area contributed by atoms with E-state index in [-0.39, 0.29) is 10.8 Å². The average molecular weight is 252 g/mol. The zero-order valence-corrected chi connectivity index (χ0v) is 8.90. The maximum Gasteiger partial charge on any atom is 0.416 e. The van der Waals surface area contributed by atoms with Gasteiger partial charge in [0.15, 0.2) is 0 Å². The molecule has 0 radical (unpaired) electrons. The van der Waals surface area contributed by atoms with Gasteiger partial charge >= 0.3 is 6.18 Å². The first kappa shape index (κ1) is 11.5. The number of benzene rings is 1. The highest BCUT2D eigenvalue weighted by atomic mass is 35.5. The highest BCUT2D eigenvalue weighted by Crippen LogP contribution is 2.41. The van der Waals surface area contributed by atoms with Crippen molar-refractivity contribution < 1.29 is 17.9 Å². The van der Waals surface area contributed by atoms with Crippen molar-refractivity contribution in [2.24, 2.45) is 5.73 Å². The number of ether oxygens (including phenoxy) is 1. The molecule has 0 amide bonds. The van der Waals surface area contributed by atoms with Crippen LogP contribution < -0.4 is 10.5 Å². The van der Waals surface area contributed by atoms with Crippen molar-refractivity contribution in [2.45, 2.75) is 18.6 Å². The summed E-state index contributed by atoms with van der Waals surface area (Å²) in [7, 11) is 0. The van der Waals surface area contributed by atoms with Crippen LogP contribution in [0.2, 0.25) is 5.02 Å². The summed E-state index contributed by atoms with van der Waals surface area (Å²) in [6, 6.07) is 1.41. The lowest BCUT2D eigenvalue weighted by Crippen LogP contribution is -2.21. The van der Waals surface area contributed by atoms with E-state index in [9.17, 15) is 13.2 Å². The molecule has 2 nitrogen and oxygen atoms in total. The Morgan fingerprint density at radius 2 is 2.06 bits per heavy atom. The number of rotatable bonds is 0. The van der Waals surface area contributed by atoms with Crippen LogP contribution in [0.25, 0.3) is 0 Å². The molecule has 0 saturated heterocycles. The molecule has 88 valence electrons. The topological polar surface area (TPSA) is 35.2 Å². The largest absolute Gasteiger partial charge is 0.492 e. The van der Waals surface area contributed by atoms with Crippen LogP contribution in [0, 0.1) is 0 Å². The fourth-order valence-corrected chi connectivity index (χ4v) is 1.93. The van der Waals surface area contributed by atoms with Crippen LogP contribution in [0.5, 0.6) is 5.75 Å². The van der Waals surface area contributed by atoms with Gasteiger partial charge in [0.2, 0.25) is 0 Å². The first-order chi connectivity index (χ1) is 7.39. The molecular weight excluding hydrogens is 243 g/mol. The van der Waals surface area contributed by atoms with Crippen LogP contribution >= 0.6 is 11.6 Å². The molecule has 1 aliphatic rings. The molecule has 16 heavy (non-hydrogen) atoms. The predicted molar refractivity (Wildman–Crippen MR) is 53.5 cm³/mol. The Balaban J connectivity index is 2.55. The summed E-state index contributed by atoms with van der Waals surface area (Å²) < 4.78 is 42.8. The summed E-state index contributed by atoms with van der Waals surface area (Å²) in [6.45, 7) is 0.374. The van der Waals surface area contributed by atoms with E-state index >= 15 is 0 Å². The van der Waals surface area contributed by atoms with E-state index in [1.54, 1.807) is 0 Å². The zero-order valence-electron chi connectivity index (χ0n) is 8.14. The molecule has 1 aliphatic heterocycles. The van der Waals surface area contributed by atoms with E-state index < -0.39 is 17.8 Å². The lowest BCUT2D eigenvalue weighted by atomic mass is 9.99. The van der Waals surface area contributed by atoms with E-state index in [4.69, 9.17) is 22.1 Å². The molecule has 0 spiro atoms. The number of hydrogen-bond acceptors (Lipinski definition) is 2. The van der Waals surface area contributed by atoms with E-state index in [0.717, 1.165) is 12.1 Å². The van der Waals surface area contributed by atoms with Crippen molar-refractivity contribution in [1.82, 2.24) is 0 Å². The average Bonchev–Trinajstić information content (AvgIpc) is 2.18. The van der Waals surface area contributed by atoms with Gasteiger partial charge in [-0.15, -0.1) is 0 Å². The number of fused-ring (bicyclic) bond motifs is 1. The molecule has 0 saturated carbocycles. The second-order valence-corrected chi connectivity index (χ2v) is 4.03. The molecule has 1 heterocycles. The van der Waals surface area contributed by atoms with Gasteiger partial charge in [-0.3, -0.25) is 0 Å². The monoisotopic (exact) mass is 251 g/mol. The van der Waals surface area contributed by atoms with Crippen molar-refractivity contribution in [3.8, 4) is 5.75 Å². The molecule has 2 N–H and O–H groups in total. The van der Waals surface area contributed by atoms with Crippen LogP contribution in [0.3, 0.4) is 0 Å². The molecular formula is C10H9ClF3NO. The zero-order chi connectivity index (χ0) is 11.9. The molecule has 1 unspecified atom stereocenters. The van der Waals surface area contributed by atoms with Crippen molar-refractivity contribution in [2.75, 3.05) is 6.61 Å². The fourth-order valence-electron chi connectivity index (χ4n) is 1.65. The van der Waals surface area contributed by atoms with Gasteiger partial charge in [0.1, 0.15) is 5.75 Å². The number of alkyl halides is 3. The van der Waals surface area contributed by atoms with Gasteiger partial charge in [0, 0.05) is 18.0 Å². The van der Waals surface area contributed by atoms with E-state index in [1.807, 2.05) is 0 Å². The minimum absolute atomic E-state index is 0.0417. The highest BCUT2D eigenvalue weighted by Gasteiger charge is 2.33. The summed E-state index contributed by atoms with van der Waals surface area (Å²) in [6.07, 6.45) is -3.93. The molecule has 0 bridgehead atoms. The normalized spacial score (nSPS) is 20.2. The minimum Gasteiger partial charge on any atom is -0.492 e. The van der Waals surface area contributed by atoms with Crippen molar-refractivity contribution in [3.63, 3.8) is 0 Å². The Morgan fingerprint density at radius 3 is 2.69 bits per heavy atom. The molecule has 1 atom stereocenters. The SMILES string of the molecule is NC1CCOc2c(Cl)cc(C(F)(F)F)cc21. The summed E-state index contributed by atoms with van der Waals surface area (Å²) >= 11 is 5.74. The quantitative estimate of drug-likeness (QED) is 0.769. The van der Waals surface area contributed by atoms with Crippen molar-refractivity contribution in [3.05, 3.63) is 28.3 Å². The Hall–Kier alpha value is -0.940. The molecule has 0 fully saturated rings. The molecule has 2 rings (SSSR count). The number of hydrogen-bond donors (Lipinski definition) is 1. The van der Waals surface area contributed by atoms with Crippen LogP contribution in [-0.4, -0.2) is 6.61 Å². The van der Waals surface area contributed by atoms with Gasteiger partial charge in [0.05, 0.1) is 17.2 Å². The number of halogens is 4. The molecule has 6 heteroatoms. The third kappa shape index (κ3) is 1.97. The predicted octanol–water partition coefficient (Wildman–Crippen LogP) is 3.14. The van der Waals surface area contributed by atoms with Gasteiger partial charge in [0.25, 0.3) is 0 Å². The first-order valence-electron chi connectivity index (χ1n) is 4.68. The van der Waals surface area contributed by atoms with Gasteiger partial charge in [-0.05, 0) is 12.1 Å². The van der Waals surface area contributed by atoms with Crippen molar-refractivity contribution >= 4 is 11.6 Å². The summed E-state index contributed by atoms with van der Waals surface area (Å²) in [4.78, 5) is 0. The summed E-state index contributed by atoms with van der Waals surface area (Å²) in [5.74, 6) is 0.272. The minimum atomic E-state index is -4.42. The van der Waals surface area contributed by atoms with Crippen LogP contribution in [0.4, 0.5) is 13.2 Å². The lowest BCUT2D eigenvalue weighted by Gasteiger charge is -2.25. The highest BCUT2D eigenvalue weighted by molar-refractivity contribution is 6.32. The van der Waals surface area contributed by atoms with Gasteiger partial charge in [-0.1, -0.05) is 11.6 Å². The van der Waals surface area contributed by atoms with E-state index in [2.05, 4.69) is 0 Å². The number of nitrogens with two attached hydrogens (primary N) is 1. The second kappa shape index (κ2) is 3.82.